The van der Waals surface area contributed by atoms with Gasteiger partial charge in [-0.25, -0.2) is 4.98 Å². The van der Waals surface area contributed by atoms with Crippen LogP contribution < -0.4 is 11.1 Å². The molecule has 1 aromatic rings. The summed E-state index contributed by atoms with van der Waals surface area (Å²) in [5.74, 6) is 0.461. The van der Waals surface area contributed by atoms with Crippen molar-refractivity contribution < 1.29 is 18.0 Å². The minimum Gasteiger partial charge on any atom is -0.368 e. The number of likely N-dealkylation sites (tertiary alicyclic amines) is 1. The van der Waals surface area contributed by atoms with Gasteiger partial charge in [-0.2, -0.15) is 13.2 Å². The van der Waals surface area contributed by atoms with Crippen molar-refractivity contribution in [2.24, 2.45) is 11.7 Å². The lowest BCUT2D eigenvalue weighted by atomic mass is 10.1. The first-order valence-corrected chi connectivity index (χ1v) is 7.63. The number of pyridine rings is 1. The van der Waals surface area contributed by atoms with Crippen LogP contribution in [0.1, 0.15) is 18.4 Å². The number of nitrogens with zero attached hydrogens (tertiary/aromatic N) is 2. The fraction of sp³-hybridized carbons (Fsp3) is 0.571. The number of alkyl halides is 3. The van der Waals surface area contributed by atoms with Crippen LogP contribution in [-0.2, 0) is 11.0 Å². The van der Waals surface area contributed by atoms with Crippen LogP contribution in [0.4, 0.5) is 19.0 Å². The van der Waals surface area contributed by atoms with Crippen LogP contribution in [0, 0.1) is 5.92 Å². The van der Waals surface area contributed by atoms with Gasteiger partial charge in [0.05, 0.1) is 10.6 Å². The van der Waals surface area contributed by atoms with E-state index in [0.717, 1.165) is 12.5 Å². The number of nitrogens with one attached hydrogen (secondary N) is 1. The topological polar surface area (TPSA) is 71.2 Å². The molecule has 0 aliphatic carbocycles. The summed E-state index contributed by atoms with van der Waals surface area (Å²) in [7, 11) is 0. The minimum absolute atomic E-state index is 0.0171. The maximum absolute atomic E-state index is 12.5. The molecule has 0 saturated carbocycles. The second-order valence-electron chi connectivity index (χ2n) is 5.46. The van der Waals surface area contributed by atoms with E-state index in [1.807, 2.05) is 0 Å². The van der Waals surface area contributed by atoms with Gasteiger partial charge in [0.2, 0.25) is 5.91 Å². The lowest BCUT2D eigenvalue weighted by Crippen LogP contribution is -2.31. The van der Waals surface area contributed by atoms with Gasteiger partial charge in [-0.15, -0.1) is 0 Å². The molecule has 0 bridgehead atoms. The molecule has 1 fully saturated rings. The van der Waals surface area contributed by atoms with Crippen LogP contribution in [0.2, 0.25) is 5.02 Å². The lowest BCUT2D eigenvalue weighted by molar-refractivity contribution is -0.137. The monoisotopic (exact) mass is 350 g/mol. The van der Waals surface area contributed by atoms with Crippen LogP contribution in [0.25, 0.3) is 0 Å². The number of rotatable bonds is 5. The lowest BCUT2D eigenvalue weighted by Gasteiger charge is -2.16. The fourth-order valence-electron chi connectivity index (χ4n) is 2.42. The molecule has 2 rings (SSSR count). The van der Waals surface area contributed by atoms with Gasteiger partial charge in [0.25, 0.3) is 0 Å². The third-order valence-corrected chi connectivity index (χ3v) is 4.06. The Morgan fingerprint density at radius 3 is 2.83 bits per heavy atom. The van der Waals surface area contributed by atoms with Gasteiger partial charge in [-0.1, -0.05) is 11.6 Å². The van der Waals surface area contributed by atoms with Crippen LogP contribution in [0.3, 0.4) is 0 Å². The van der Waals surface area contributed by atoms with E-state index < -0.39 is 11.7 Å². The minimum atomic E-state index is -4.49. The predicted molar refractivity (Wildman–Crippen MR) is 81.1 cm³/mol. The van der Waals surface area contributed by atoms with Crippen molar-refractivity contribution >= 4 is 23.3 Å². The summed E-state index contributed by atoms with van der Waals surface area (Å²) < 4.78 is 37.5. The molecular weight excluding hydrogens is 333 g/mol. The number of hydrogen-bond donors (Lipinski definition) is 2. The zero-order valence-corrected chi connectivity index (χ0v) is 13.1. The summed E-state index contributed by atoms with van der Waals surface area (Å²) >= 11 is 5.78. The molecule has 1 aliphatic rings. The first-order chi connectivity index (χ1) is 10.8. The van der Waals surface area contributed by atoms with E-state index >= 15 is 0 Å². The number of amides is 1. The van der Waals surface area contributed by atoms with Crippen molar-refractivity contribution in [2.75, 3.05) is 31.5 Å². The highest BCUT2D eigenvalue weighted by Crippen LogP contribution is 2.32. The molecule has 0 spiro atoms. The SMILES string of the molecule is NC[C@H]1CCN(C(=O)CCNc2ncc(C(F)(F)F)cc2Cl)C1. The Labute approximate surface area is 137 Å². The standard InChI is InChI=1S/C14H18ClF3N4O/c15-11-5-10(14(16,17)18)7-21-13(11)20-3-1-12(23)22-4-2-9(6-19)8-22/h5,7,9H,1-4,6,8,19H2,(H,20,21)/t9-/m1/s1. The Bertz CT molecular complexity index is 567. The van der Waals surface area contributed by atoms with Crippen molar-refractivity contribution in [3.05, 3.63) is 22.8 Å². The van der Waals surface area contributed by atoms with E-state index in [2.05, 4.69) is 10.3 Å². The summed E-state index contributed by atoms with van der Waals surface area (Å²) in [5, 5.41) is 2.66. The third kappa shape index (κ3) is 4.71. The first-order valence-electron chi connectivity index (χ1n) is 7.25. The molecule has 128 valence electrons. The molecule has 1 amide bonds. The fourth-order valence-corrected chi connectivity index (χ4v) is 2.65. The molecule has 5 nitrogen and oxygen atoms in total. The predicted octanol–water partition coefficient (Wildman–Crippen LogP) is 2.36. The van der Waals surface area contributed by atoms with Gasteiger partial charge in [0.1, 0.15) is 5.82 Å². The molecule has 1 atom stereocenters. The zero-order chi connectivity index (χ0) is 17.0. The van der Waals surface area contributed by atoms with Crippen molar-refractivity contribution in [1.82, 2.24) is 9.88 Å². The largest absolute Gasteiger partial charge is 0.417 e. The Hall–Kier alpha value is -1.54. The smallest absolute Gasteiger partial charge is 0.368 e. The van der Waals surface area contributed by atoms with Crippen LogP contribution in [0.5, 0.6) is 0 Å². The molecule has 9 heteroatoms. The zero-order valence-electron chi connectivity index (χ0n) is 12.4. The number of nitrogens with two attached hydrogens (primary N) is 1. The highest BCUT2D eigenvalue weighted by Gasteiger charge is 2.31. The molecule has 3 N–H and O–H groups in total. The Morgan fingerprint density at radius 1 is 1.52 bits per heavy atom. The van der Waals surface area contributed by atoms with Crippen LogP contribution in [0.15, 0.2) is 12.3 Å². The summed E-state index contributed by atoms with van der Waals surface area (Å²) in [5.41, 5.74) is 4.67. The molecule has 0 radical (unpaired) electrons. The molecular formula is C14H18ClF3N4O. The third-order valence-electron chi connectivity index (χ3n) is 3.77. The Kier molecular flexibility index (Phi) is 5.69. The average molecular weight is 351 g/mol. The van der Waals surface area contributed by atoms with Crippen molar-refractivity contribution in [3.8, 4) is 0 Å². The number of halogens is 4. The van der Waals surface area contributed by atoms with Crippen molar-refractivity contribution in [2.45, 2.75) is 19.0 Å². The molecule has 0 unspecified atom stereocenters. The first kappa shape index (κ1) is 17.8. The molecule has 1 saturated heterocycles. The summed E-state index contributed by atoms with van der Waals surface area (Å²) in [6, 6.07) is 0.811. The van der Waals surface area contributed by atoms with E-state index in [-0.39, 0.29) is 29.7 Å². The van der Waals surface area contributed by atoms with Crippen molar-refractivity contribution in [3.63, 3.8) is 0 Å². The van der Waals surface area contributed by atoms with E-state index in [0.29, 0.717) is 31.7 Å². The molecule has 1 aromatic heterocycles. The van der Waals surface area contributed by atoms with Gasteiger partial charge >= 0.3 is 6.18 Å². The van der Waals surface area contributed by atoms with Gasteiger partial charge in [0, 0.05) is 32.3 Å². The van der Waals surface area contributed by atoms with Gasteiger partial charge in [-0.3, -0.25) is 4.79 Å². The number of carbonyl (C=O) groups is 1. The number of anilines is 1. The van der Waals surface area contributed by atoms with Gasteiger partial charge in [-0.05, 0) is 24.9 Å². The van der Waals surface area contributed by atoms with E-state index in [9.17, 15) is 18.0 Å². The molecule has 23 heavy (non-hydrogen) atoms. The summed E-state index contributed by atoms with van der Waals surface area (Å²) in [6.07, 6.45) is -2.65. The van der Waals surface area contributed by atoms with E-state index in [4.69, 9.17) is 17.3 Å². The number of carbonyl (C=O) groups excluding carboxylic acids is 1. The highest BCUT2D eigenvalue weighted by molar-refractivity contribution is 6.32. The normalized spacial score (nSPS) is 18.3. The van der Waals surface area contributed by atoms with Crippen molar-refractivity contribution in [1.29, 1.82) is 0 Å². The van der Waals surface area contributed by atoms with Crippen LogP contribution >= 0.6 is 11.6 Å². The van der Waals surface area contributed by atoms with Crippen LogP contribution in [-0.4, -0.2) is 42.0 Å². The van der Waals surface area contributed by atoms with E-state index in [1.54, 1.807) is 4.90 Å². The second kappa shape index (κ2) is 7.35. The van der Waals surface area contributed by atoms with E-state index in [1.165, 1.54) is 0 Å². The summed E-state index contributed by atoms with van der Waals surface area (Å²) in [4.78, 5) is 17.4. The Morgan fingerprint density at radius 2 is 2.26 bits per heavy atom. The quantitative estimate of drug-likeness (QED) is 0.855. The molecule has 1 aliphatic heterocycles. The second-order valence-corrected chi connectivity index (χ2v) is 5.87. The number of aromatic nitrogens is 1. The highest BCUT2D eigenvalue weighted by atomic mass is 35.5. The maximum atomic E-state index is 12.5. The summed E-state index contributed by atoms with van der Waals surface area (Å²) in [6.45, 7) is 2.17. The molecule has 0 aromatic carbocycles. The van der Waals surface area contributed by atoms with Gasteiger partial charge < -0.3 is 16.0 Å². The average Bonchev–Trinajstić information content (AvgIpc) is 2.96. The Balaban J connectivity index is 1.83. The maximum Gasteiger partial charge on any atom is 0.417 e. The molecule has 2 heterocycles. The van der Waals surface area contributed by atoms with Gasteiger partial charge in [0.15, 0.2) is 0 Å². The number of hydrogen-bond acceptors (Lipinski definition) is 4.